The monoisotopic (exact) mass is 178 g/mol. The Morgan fingerprint density at radius 1 is 1.83 bits per heavy atom. The van der Waals surface area contributed by atoms with Crippen LogP contribution in [0.1, 0.15) is 30.6 Å². The Bertz CT molecular complexity index is 289. The van der Waals surface area contributed by atoms with Gasteiger partial charge in [-0.25, -0.2) is 0 Å². The van der Waals surface area contributed by atoms with Crippen LogP contribution in [0.15, 0.2) is 6.20 Å². The van der Waals surface area contributed by atoms with E-state index in [2.05, 4.69) is 18.0 Å². The van der Waals surface area contributed by atoms with Crippen molar-refractivity contribution in [1.29, 1.82) is 5.26 Å². The van der Waals surface area contributed by atoms with E-state index < -0.39 is 0 Å². The predicted octanol–water partition coefficient (Wildman–Crippen LogP) is 0.809. The second-order valence-electron chi connectivity index (χ2n) is 2.75. The molecular formula is C8H11BN2S. The van der Waals surface area contributed by atoms with Crippen molar-refractivity contribution in [3.8, 4) is 6.07 Å². The van der Waals surface area contributed by atoms with E-state index in [1.807, 2.05) is 14.0 Å². The Hall–Kier alpha value is -0.815. The third kappa shape index (κ3) is 2.08. The van der Waals surface area contributed by atoms with Crippen LogP contribution >= 0.6 is 11.3 Å². The lowest BCUT2D eigenvalue weighted by Crippen LogP contribution is -1.96. The van der Waals surface area contributed by atoms with Gasteiger partial charge in [-0.3, -0.25) is 4.98 Å². The van der Waals surface area contributed by atoms with E-state index in [0.717, 1.165) is 11.3 Å². The molecule has 0 radical (unpaired) electrons. The van der Waals surface area contributed by atoms with Crippen molar-refractivity contribution in [2.45, 2.75) is 25.7 Å². The molecule has 12 heavy (non-hydrogen) atoms. The molecule has 0 amide bonds. The highest BCUT2D eigenvalue weighted by atomic mass is 32.1. The van der Waals surface area contributed by atoms with Gasteiger partial charge in [0.25, 0.3) is 0 Å². The van der Waals surface area contributed by atoms with Gasteiger partial charge in [0.2, 0.25) is 0 Å². The van der Waals surface area contributed by atoms with Crippen LogP contribution in [0.25, 0.3) is 0 Å². The standard InChI is InChI=1S/C8H11BN2S/c1-2-6(3-4-10)7-5-11-8(9)12-7/h5-6H,2-3,9H2,1H3. The Morgan fingerprint density at radius 3 is 3.00 bits per heavy atom. The summed E-state index contributed by atoms with van der Waals surface area (Å²) in [6.45, 7) is 2.11. The molecule has 1 heterocycles. The first-order chi connectivity index (χ1) is 5.77. The maximum absolute atomic E-state index is 8.57. The van der Waals surface area contributed by atoms with Gasteiger partial charge >= 0.3 is 0 Å². The SMILES string of the molecule is Bc1ncc(C(CC)CC#N)s1. The van der Waals surface area contributed by atoms with Gasteiger partial charge in [-0.05, 0) is 6.42 Å². The lowest BCUT2D eigenvalue weighted by atomic mass is 10.0. The van der Waals surface area contributed by atoms with E-state index in [4.69, 9.17) is 5.26 Å². The molecule has 0 bridgehead atoms. The number of hydrogen-bond donors (Lipinski definition) is 0. The summed E-state index contributed by atoms with van der Waals surface area (Å²) in [6, 6.07) is 2.21. The maximum atomic E-state index is 8.57. The van der Waals surface area contributed by atoms with Crippen molar-refractivity contribution in [2.24, 2.45) is 0 Å². The third-order valence-electron chi connectivity index (χ3n) is 1.87. The summed E-state index contributed by atoms with van der Waals surface area (Å²) in [5.41, 5.74) is 0. The van der Waals surface area contributed by atoms with Crippen LogP contribution in [0.4, 0.5) is 0 Å². The molecule has 0 spiro atoms. The van der Waals surface area contributed by atoms with Crippen molar-refractivity contribution in [3.05, 3.63) is 11.1 Å². The van der Waals surface area contributed by atoms with E-state index in [1.165, 1.54) is 4.88 Å². The van der Waals surface area contributed by atoms with Crippen LogP contribution in [-0.4, -0.2) is 12.8 Å². The van der Waals surface area contributed by atoms with Gasteiger partial charge in [0, 0.05) is 28.3 Å². The molecule has 0 aromatic carbocycles. The molecule has 0 saturated carbocycles. The molecule has 1 atom stereocenters. The minimum Gasteiger partial charge on any atom is -0.261 e. The van der Waals surface area contributed by atoms with Crippen LogP contribution in [-0.2, 0) is 0 Å². The Morgan fingerprint density at radius 2 is 2.58 bits per heavy atom. The molecule has 0 fully saturated rings. The smallest absolute Gasteiger partial charge is 0.177 e. The molecule has 62 valence electrons. The summed E-state index contributed by atoms with van der Waals surface area (Å²) in [5.74, 6) is 0.390. The van der Waals surface area contributed by atoms with Gasteiger partial charge in [-0.15, -0.1) is 11.3 Å². The van der Waals surface area contributed by atoms with Crippen molar-refractivity contribution in [3.63, 3.8) is 0 Å². The Balaban J connectivity index is 2.74. The first-order valence-corrected chi connectivity index (χ1v) is 4.88. The van der Waals surface area contributed by atoms with Gasteiger partial charge in [-0.1, -0.05) is 6.92 Å². The van der Waals surface area contributed by atoms with Crippen molar-refractivity contribution < 1.29 is 0 Å². The normalized spacial score (nSPS) is 12.3. The second kappa shape index (κ2) is 4.27. The van der Waals surface area contributed by atoms with Crippen molar-refractivity contribution in [1.82, 2.24) is 4.98 Å². The molecule has 1 unspecified atom stereocenters. The van der Waals surface area contributed by atoms with Gasteiger partial charge in [0.15, 0.2) is 7.85 Å². The summed E-state index contributed by atoms with van der Waals surface area (Å²) < 4.78 is 0. The topological polar surface area (TPSA) is 36.7 Å². The molecule has 0 aliphatic carbocycles. The third-order valence-corrected chi connectivity index (χ3v) is 2.95. The number of aromatic nitrogens is 1. The van der Waals surface area contributed by atoms with Crippen LogP contribution < -0.4 is 4.91 Å². The lowest BCUT2D eigenvalue weighted by Gasteiger charge is -2.05. The number of nitriles is 1. The predicted molar refractivity (Wildman–Crippen MR) is 53.6 cm³/mol. The summed E-state index contributed by atoms with van der Waals surface area (Å²) in [6.07, 6.45) is 3.53. The zero-order chi connectivity index (χ0) is 8.97. The summed E-state index contributed by atoms with van der Waals surface area (Å²) in [4.78, 5) is 6.51. The fraction of sp³-hybridized carbons (Fsp3) is 0.500. The zero-order valence-corrected chi connectivity index (χ0v) is 8.19. The van der Waals surface area contributed by atoms with Gasteiger partial charge in [-0.2, -0.15) is 5.26 Å². The molecule has 1 rings (SSSR count). The van der Waals surface area contributed by atoms with Crippen LogP contribution in [0.2, 0.25) is 0 Å². The number of nitrogens with zero attached hydrogens (tertiary/aromatic N) is 2. The van der Waals surface area contributed by atoms with Crippen molar-refractivity contribution in [2.75, 3.05) is 0 Å². The van der Waals surface area contributed by atoms with E-state index in [0.29, 0.717) is 12.3 Å². The maximum Gasteiger partial charge on any atom is 0.177 e. The highest BCUT2D eigenvalue weighted by Gasteiger charge is 2.10. The van der Waals surface area contributed by atoms with Gasteiger partial charge in [0.05, 0.1) is 6.07 Å². The number of hydrogen-bond acceptors (Lipinski definition) is 3. The van der Waals surface area contributed by atoms with Gasteiger partial charge in [0.1, 0.15) is 0 Å². The molecule has 0 N–H and O–H groups in total. The summed E-state index contributed by atoms with van der Waals surface area (Å²) >= 11 is 1.70. The fourth-order valence-electron chi connectivity index (χ4n) is 1.12. The van der Waals surface area contributed by atoms with Crippen LogP contribution in [0.3, 0.4) is 0 Å². The van der Waals surface area contributed by atoms with E-state index in [9.17, 15) is 0 Å². The summed E-state index contributed by atoms with van der Waals surface area (Å²) in [7, 11) is 1.99. The average Bonchev–Trinajstić information content (AvgIpc) is 2.47. The molecule has 0 aliphatic heterocycles. The largest absolute Gasteiger partial charge is 0.261 e. The highest BCUT2D eigenvalue weighted by Crippen LogP contribution is 2.24. The first kappa shape index (κ1) is 9.27. The Kier molecular flexibility index (Phi) is 3.30. The first-order valence-electron chi connectivity index (χ1n) is 4.07. The highest BCUT2D eigenvalue weighted by molar-refractivity contribution is 7.19. The molecule has 1 aromatic heterocycles. The Labute approximate surface area is 77.7 Å². The molecule has 2 nitrogen and oxygen atoms in total. The quantitative estimate of drug-likeness (QED) is 0.642. The zero-order valence-electron chi connectivity index (χ0n) is 7.37. The van der Waals surface area contributed by atoms with E-state index in [1.54, 1.807) is 11.3 Å². The molecule has 0 saturated heterocycles. The minimum atomic E-state index is 0.390. The van der Waals surface area contributed by atoms with Gasteiger partial charge < -0.3 is 0 Å². The number of thiazole rings is 1. The molecule has 1 aromatic rings. The van der Waals surface area contributed by atoms with Crippen LogP contribution in [0.5, 0.6) is 0 Å². The van der Waals surface area contributed by atoms with E-state index in [-0.39, 0.29) is 0 Å². The molecular weight excluding hydrogens is 167 g/mol. The van der Waals surface area contributed by atoms with E-state index >= 15 is 0 Å². The second-order valence-corrected chi connectivity index (χ2v) is 4.02. The summed E-state index contributed by atoms with van der Waals surface area (Å²) in [5, 5.41) is 8.57. The lowest BCUT2D eigenvalue weighted by molar-refractivity contribution is 0.691. The van der Waals surface area contributed by atoms with Crippen LogP contribution in [0, 0.1) is 11.3 Å². The molecule has 0 aliphatic rings. The van der Waals surface area contributed by atoms with Crippen molar-refractivity contribution >= 4 is 24.1 Å². The molecule has 4 heteroatoms. The number of rotatable bonds is 3. The fourth-order valence-corrected chi connectivity index (χ4v) is 2.09. The minimum absolute atomic E-state index is 0.390. The average molecular weight is 178 g/mol.